The van der Waals surface area contributed by atoms with Crippen LogP contribution >= 0.6 is 11.8 Å². The molecule has 1 aliphatic heterocycles. The van der Waals surface area contributed by atoms with Crippen molar-refractivity contribution < 1.29 is 19.1 Å². The summed E-state index contributed by atoms with van der Waals surface area (Å²) in [6.45, 7) is 2.33. The van der Waals surface area contributed by atoms with Crippen LogP contribution in [-0.2, 0) is 19.1 Å². The molecule has 1 aromatic carbocycles. The van der Waals surface area contributed by atoms with Gasteiger partial charge in [0.25, 0.3) is 5.91 Å². The van der Waals surface area contributed by atoms with E-state index in [0.29, 0.717) is 6.54 Å². The van der Waals surface area contributed by atoms with E-state index >= 15 is 0 Å². The number of benzene rings is 1. The molecule has 6 nitrogen and oxygen atoms in total. The molecule has 1 N–H and O–H groups in total. The average Bonchev–Trinajstić information content (AvgIpc) is 2.68. The summed E-state index contributed by atoms with van der Waals surface area (Å²) >= 11 is 1.35. The van der Waals surface area contributed by atoms with E-state index < -0.39 is 11.2 Å². The molecule has 2 aliphatic rings. The van der Waals surface area contributed by atoms with Crippen LogP contribution in [0.2, 0.25) is 0 Å². The standard InChI is InChI=1S/C20H26N2O4S/c1-2-22(14-8-4-3-5-9-14)18(23)13-26-19(24)12-17-20(25)21-15-10-6-7-11-16(15)27-17/h6-7,10-11,14,17H,2-5,8-9,12-13H2,1H3,(H,21,25)/t17-/m1/s1. The molecular formula is C20H26N2O4S. The maximum absolute atomic E-state index is 12.5. The largest absolute Gasteiger partial charge is 0.456 e. The number of hydrogen-bond donors (Lipinski definition) is 1. The number of fused-ring (bicyclic) bond motifs is 1. The summed E-state index contributed by atoms with van der Waals surface area (Å²) < 4.78 is 5.19. The van der Waals surface area contributed by atoms with Crippen LogP contribution < -0.4 is 5.32 Å². The number of likely N-dealkylation sites (N-methyl/N-ethyl adjacent to an activating group) is 1. The number of carbonyl (C=O) groups excluding carboxylic acids is 3. The summed E-state index contributed by atoms with van der Waals surface area (Å²) in [5, 5.41) is 2.27. The SMILES string of the molecule is CCN(C(=O)COC(=O)C[C@H]1Sc2ccccc2NC1=O)C1CCCCC1. The summed E-state index contributed by atoms with van der Waals surface area (Å²) in [6, 6.07) is 7.74. The Morgan fingerprint density at radius 1 is 1.22 bits per heavy atom. The fraction of sp³-hybridized carbons (Fsp3) is 0.550. The molecule has 1 heterocycles. The molecule has 0 unspecified atom stereocenters. The normalized spacial score (nSPS) is 19.7. The van der Waals surface area contributed by atoms with Crippen LogP contribution in [0.3, 0.4) is 0 Å². The predicted octanol–water partition coefficient (Wildman–Crippen LogP) is 3.21. The predicted molar refractivity (Wildman–Crippen MR) is 105 cm³/mol. The number of rotatable bonds is 6. The molecule has 1 aliphatic carbocycles. The number of hydrogen-bond acceptors (Lipinski definition) is 5. The maximum atomic E-state index is 12.5. The van der Waals surface area contributed by atoms with Crippen LogP contribution in [0.4, 0.5) is 5.69 Å². The van der Waals surface area contributed by atoms with Gasteiger partial charge in [-0.1, -0.05) is 31.4 Å². The zero-order valence-electron chi connectivity index (χ0n) is 15.6. The van der Waals surface area contributed by atoms with Gasteiger partial charge in [0.05, 0.1) is 17.4 Å². The van der Waals surface area contributed by atoms with Gasteiger partial charge in [-0.05, 0) is 31.9 Å². The van der Waals surface area contributed by atoms with E-state index in [1.54, 1.807) is 0 Å². The van der Waals surface area contributed by atoms with Crippen molar-refractivity contribution in [1.82, 2.24) is 4.90 Å². The molecule has 0 radical (unpaired) electrons. The number of para-hydroxylation sites is 1. The minimum Gasteiger partial charge on any atom is -0.456 e. The van der Waals surface area contributed by atoms with Gasteiger partial charge in [-0.3, -0.25) is 14.4 Å². The summed E-state index contributed by atoms with van der Waals surface area (Å²) in [6.07, 6.45) is 5.50. The van der Waals surface area contributed by atoms with Crippen LogP contribution in [0.15, 0.2) is 29.2 Å². The third-order valence-corrected chi connectivity index (χ3v) is 6.37. The van der Waals surface area contributed by atoms with Crippen LogP contribution in [0, 0.1) is 0 Å². The Hall–Kier alpha value is -2.02. The smallest absolute Gasteiger partial charge is 0.307 e. The lowest BCUT2D eigenvalue weighted by molar-refractivity contribution is -0.153. The zero-order valence-corrected chi connectivity index (χ0v) is 16.4. The van der Waals surface area contributed by atoms with Gasteiger partial charge in [-0.25, -0.2) is 0 Å². The first-order chi connectivity index (χ1) is 13.1. The van der Waals surface area contributed by atoms with E-state index in [1.165, 1.54) is 18.2 Å². The van der Waals surface area contributed by atoms with Crippen molar-refractivity contribution in [2.45, 2.75) is 61.6 Å². The van der Waals surface area contributed by atoms with Gasteiger partial charge < -0.3 is 15.0 Å². The lowest BCUT2D eigenvalue weighted by Crippen LogP contribution is -2.43. The number of esters is 1. The van der Waals surface area contributed by atoms with Gasteiger partial charge in [0, 0.05) is 17.5 Å². The first-order valence-electron chi connectivity index (χ1n) is 9.60. The zero-order chi connectivity index (χ0) is 19.2. The molecule has 7 heteroatoms. The van der Waals surface area contributed by atoms with Gasteiger partial charge in [-0.2, -0.15) is 0 Å². The minimum atomic E-state index is -0.539. The minimum absolute atomic E-state index is 0.0479. The number of carbonyl (C=O) groups is 3. The topological polar surface area (TPSA) is 75.7 Å². The Morgan fingerprint density at radius 3 is 2.70 bits per heavy atom. The fourth-order valence-electron chi connectivity index (χ4n) is 3.69. The first kappa shape index (κ1) is 19.7. The number of thioether (sulfide) groups is 1. The van der Waals surface area contributed by atoms with E-state index in [1.807, 2.05) is 36.1 Å². The van der Waals surface area contributed by atoms with Crippen LogP contribution in [0.25, 0.3) is 0 Å². The molecule has 146 valence electrons. The van der Waals surface area contributed by atoms with Crippen LogP contribution in [0.1, 0.15) is 45.4 Å². The molecule has 0 spiro atoms. The first-order valence-corrected chi connectivity index (χ1v) is 10.5. The number of nitrogens with one attached hydrogen (secondary N) is 1. The second kappa shape index (κ2) is 9.26. The summed E-state index contributed by atoms with van der Waals surface area (Å²) in [5.41, 5.74) is 0.762. The Labute approximate surface area is 164 Å². The molecule has 0 saturated heterocycles. The Bertz CT molecular complexity index is 703. The Morgan fingerprint density at radius 2 is 1.96 bits per heavy atom. The quantitative estimate of drug-likeness (QED) is 0.755. The highest BCUT2D eigenvalue weighted by Crippen LogP contribution is 2.36. The Balaban J connectivity index is 1.49. The van der Waals surface area contributed by atoms with E-state index in [-0.39, 0.29) is 30.9 Å². The van der Waals surface area contributed by atoms with Crippen LogP contribution in [0.5, 0.6) is 0 Å². The van der Waals surface area contributed by atoms with Crippen molar-refractivity contribution in [3.05, 3.63) is 24.3 Å². The van der Waals surface area contributed by atoms with E-state index in [2.05, 4.69) is 5.32 Å². The maximum Gasteiger partial charge on any atom is 0.307 e. The van der Waals surface area contributed by atoms with E-state index in [0.717, 1.165) is 36.3 Å². The van der Waals surface area contributed by atoms with Gasteiger partial charge in [0.2, 0.25) is 5.91 Å². The van der Waals surface area contributed by atoms with Crippen molar-refractivity contribution in [3.63, 3.8) is 0 Å². The average molecular weight is 391 g/mol. The molecule has 0 aromatic heterocycles. The molecule has 1 saturated carbocycles. The molecule has 0 bridgehead atoms. The lowest BCUT2D eigenvalue weighted by Gasteiger charge is -2.33. The molecule has 1 atom stereocenters. The molecule has 3 rings (SSSR count). The molecule has 1 fully saturated rings. The van der Waals surface area contributed by atoms with Gasteiger partial charge in [0.15, 0.2) is 6.61 Å². The summed E-state index contributed by atoms with van der Waals surface area (Å²) in [4.78, 5) is 39.6. The molecule has 27 heavy (non-hydrogen) atoms. The van der Waals surface area contributed by atoms with Crippen molar-refractivity contribution >= 4 is 35.2 Å². The molecule has 1 aromatic rings. The van der Waals surface area contributed by atoms with E-state index in [4.69, 9.17) is 4.74 Å². The number of anilines is 1. The van der Waals surface area contributed by atoms with Crippen molar-refractivity contribution in [1.29, 1.82) is 0 Å². The monoisotopic (exact) mass is 390 g/mol. The van der Waals surface area contributed by atoms with Gasteiger partial charge >= 0.3 is 5.97 Å². The van der Waals surface area contributed by atoms with Crippen molar-refractivity contribution in [2.24, 2.45) is 0 Å². The van der Waals surface area contributed by atoms with Gasteiger partial charge in [-0.15, -0.1) is 11.8 Å². The van der Waals surface area contributed by atoms with Crippen LogP contribution in [-0.4, -0.2) is 47.1 Å². The second-order valence-electron chi connectivity index (χ2n) is 6.93. The highest BCUT2D eigenvalue weighted by atomic mass is 32.2. The van der Waals surface area contributed by atoms with E-state index in [9.17, 15) is 14.4 Å². The molecular weight excluding hydrogens is 364 g/mol. The third-order valence-electron chi connectivity index (χ3n) is 5.09. The third kappa shape index (κ3) is 5.03. The summed E-state index contributed by atoms with van der Waals surface area (Å²) in [7, 11) is 0. The highest BCUT2D eigenvalue weighted by Gasteiger charge is 2.30. The van der Waals surface area contributed by atoms with Crippen molar-refractivity contribution in [3.8, 4) is 0 Å². The second-order valence-corrected chi connectivity index (χ2v) is 8.17. The van der Waals surface area contributed by atoms with Gasteiger partial charge in [0.1, 0.15) is 0 Å². The summed E-state index contributed by atoms with van der Waals surface area (Å²) in [5.74, 6) is -0.877. The van der Waals surface area contributed by atoms with Crippen molar-refractivity contribution in [2.75, 3.05) is 18.5 Å². The lowest BCUT2D eigenvalue weighted by atomic mass is 9.94. The number of nitrogens with zero attached hydrogens (tertiary/aromatic N) is 1. The number of ether oxygens (including phenoxy) is 1. The fourth-order valence-corrected chi connectivity index (χ4v) is 4.79. The highest BCUT2D eigenvalue weighted by molar-refractivity contribution is 8.01. The number of amides is 2. The molecule has 2 amide bonds. The Kier molecular flexibility index (Phi) is 6.77.